The number of aliphatic hydroxyl groups excluding tert-OH is 1. The molecule has 1 aromatic rings. The maximum absolute atomic E-state index is 10.7. The molecule has 0 amide bonds. The van der Waals surface area contributed by atoms with E-state index in [1.54, 1.807) is 0 Å². The molecule has 0 radical (unpaired) electrons. The van der Waals surface area contributed by atoms with E-state index in [2.05, 4.69) is 51.2 Å². The van der Waals surface area contributed by atoms with Gasteiger partial charge in [-0.05, 0) is 48.5 Å². The fourth-order valence-corrected chi connectivity index (χ4v) is 2.52. The molecule has 0 spiro atoms. The molecule has 1 rings (SSSR count). The molecule has 20 heavy (non-hydrogen) atoms. The van der Waals surface area contributed by atoms with Gasteiger partial charge in [0.05, 0.1) is 6.10 Å². The summed E-state index contributed by atoms with van der Waals surface area (Å²) in [6, 6.07) is 6.48. The topological polar surface area (TPSA) is 58.3 Å². The van der Waals surface area contributed by atoms with Gasteiger partial charge in [-0.3, -0.25) is 0 Å². The van der Waals surface area contributed by atoms with Crippen LogP contribution in [0, 0.1) is 0 Å². The van der Waals surface area contributed by atoms with E-state index in [1.807, 2.05) is 7.05 Å². The van der Waals surface area contributed by atoms with Gasteiger partial charge < -0.3 is 16.2 Å². The van der Waals surface area contributed by atoms with Crippen molar-refractivity contribution in [2.24, 2.45) is 5.73 Å². The lowest BCUT2D eigenvalue weighted by Gasteiger charge is -2.27. The van der Waals surface area contributed by atoms with Gasteiger partial charge in [0.25, 0.3) is 0 Å². The normalized spacial score (nSPS) is 15.2. The molecule has 0 aromatic heterocycles. The summed E-state index contributed by atoms with van der Waals surface area (Å²) in [6.45, 7) is 9.28. The molecule has 0 saturated carbocycles. The second kappa shape index (κ2) is 7.21. The summed E-state index contributed by atoms with van der Waals surface area (Å²) < 4.78 is 0. The number of likely N-dealkylation sites (N-methyl/N-ethyl adjacent to an activating group) is 1. The van der Waals surface area contributed by atoms with Crippen LogP contribution in [-0.2, 0) is 11.8 Å². The monoisotopic (exact) mass is 278 g/mol. The third-order valence-corrected chi connectivity index (χ3v) is 3.94. The smallest absolute Gasteiger partial charge is 0.0946 e. The van der Waals surface area contributed by atoms with E-state index in [4.69, 9.17) is 5.73 Å². The summed E-state index contributed by atoms with van der Waals surface area (Å²) in [5.74, 6) is 0. The molecule has 114 valence electrons. The van der Waals surface area contributed by atoms with Gasteiger partial charge in [-0.25, -0.2) is 0 Å². The molecule has 2 unspecified atom stereocenters. The quantitative estimate of drug-likeness (QED) is 0.749. The Balaban J connectivity index is 3.19. The molecular weight excluding hydrogens is 248 g/mol. The van der Waals surface area contributed by atoms with Gasteiger partial charge in [-0.15, -0.1) is 0 Å². The molecular formula is C17H30N2O. The predicted octanol–water partition coefficient (Wildman–Crippen LogP) is 2.52. The van der Waals surface area contributed by atoms with Crippen molar-refractivity contribution < 1.29 is 5.11 Å². The highest BCUT2D eigenvalue weighted by Crippen LogP contribution is 2.29. The van der Waals surface area contributed by atoms with Crippen molar-refractivity contribution in [3.8, 4) is 0 Å². The number of aliphatic hydroxyl groups is 1. The number of benzene rings is 1. The molecule has 0 fully saturated rings. The average molecular weight is 278 g/mol. The van der Waals surface area contributed by atoms with Crippen molar-refractivity contribution in [1.82, 2.24) is 5.32 Å². The van der Waals surface area contributed by atoms with Gasteiger partial charge in [0.15, 0.2) is 0 Å². The molecule has 3 nitrogen and oxygen atoms in total. The van der Waals surface area contributed by atoms with Crippen LogP contribution in [0.1, 0.15) is 56.9 Å². The highest BCUT2D eigenvalue weighted by Gasteiger charge is 2.23. The first-order valence-electron chi connectivity index (χ1n) is 7.53. The lowest BCUT2D eigenvalue weighted by molar-refractivity contribution is 0.128. The number of nitrogens with one attached hydrogen (secondary N) is 1. The Kier molecular flexibility index (Phi) is 6.18. The van der Waals surface area contributed by atoms with Crippen LogP contribution in [0.3, 0.4) is 0 Å². The van der Waals surface area contributed by atoms with E-state index in [-0.39, 0.29) is 11.5 Å². The number of nitrogens with two attached hydrogens (primary N) is 1. The minimum Gasteiger partial charge on any atom is -0.387 e. The fourth-order valence-electron chi connectivity index (χ4n) is 2.52. The third-order valence-electron chi connectivity index (χ3n) is 3.94. The van der Waals surface area contributed by atoms with Gasteiger partial charge in [-0.1, -0.05) is 45.9 Å². The highest BCUT2D eigenvalue weighted by molar-refractivity contribution is 5.37. The number of aryl methyl sites for hydroxylation is 1. The van der Waals surface area contributed by atoms with Crippen LogP contribution in [0.4, 0.5) is 0 Å². The largest absolute Gasteiger partial charge is 0.387 e. The summed E-state index contributed by atoms with van der Waals surface area (Å²) in [6.07, 6.45) is 1.18. The number of rotatable bonds is 6. The van der Waals surface area contributed by atoms with Gasteiger partial charge in [-0.2, -0.15) is 0 Å². The van der Waals surface area contributed by atoms with Gasteiger partial charge >= 0.3 is 0 Å². The molecule has 2 atom stereocenters. The van der Waals surface area contributed by atoms with E-state index in [0.29, 0.717) is 6.54 Å². The molecule has 0 bridgehead atoms. The molecule has 0 aliphatic carbocycles. The molecule has 4 N–H and O–H groups in total. The van der Waals surface area contributed by atoms with Crippen molar-refractivity contribution in [2.45, 2.75) is 58.1 Å². The fraction of sp³-hybridized carbons (Fsp3) is 0.647. The minimum absolute atomic E-state index is 0.000480. The molecule has 0 saturated heterocycles. The summed E-state index contributed by atoms with van der Waals surface area (Å²) in [7, 11) is 1.88. The predicted molar refractivity (Wildman–Crippen MR) is 86.0 cm³/mol. The first-order valence-corrected chi connectivity index (χ1v) is 7.53. The van der Waals surface area contributed by atoms with Crippen molar-refractivity contribution in [1.29, 1.82) is 0 Å². The summed E-state index contributed by atoms with van der Waals surface area (Å²) in [5, 5.41) is 13.9. The Labute approximate surface area is 123 Å². The van der Waals surface area contributed by atoms with Crippen LogP contribution in [0.5, 0.6) is 0 Å². The van der Waals surface area contributed by atoms with Gasteiger partial charge in [0.1, 0.15) is 0 Å². The molecule has 3 heteroatoms. The Morgan fingerprint density at radius 1 is 1.30 bits per heavy atom. The third kappa shape index (κ3) is 4.05. The lowest BCUT2D eigenvalue weighted by atomic mass is 9.83. The molecule has 1 aromatic carbocycles. The van der Waals surface area contributed by atoms with Gasteiger partial charge in [0, 0.05) is 6.04 Å². The molecule has 0 aliphatic heterocycles. The van der Waals surface area contributed by atoms with Crippen molar-refractivity contribution in [2.75, 3.05) is 13.6 Å². The summed E-state index contributed by atoms with van der Waals surface area (Å²) in [4.78, 5) is 0. The first-order chi connectivity index (χ1) is 9.35. The van der Waals surface area contributed by atoms with Crippen molar-refractivity contribution in [3.05, 3.63) is 34.9 Å². The number of hydrogen-bond acceptors (Lipinski definition) is 3. The highest BCUT2D eigenvalue weighted by atomic mass is 16.3. The Morgan fingerprint density at radius 2 is 1.95 bits per heavy atom. The SMILES string of the molecule is CCc1ccc(C(C)(C)C)cc1C(O)C(CCN)NC. The second-order valence-corrected chi connectivity index (χ2v) is 6.43. The van der Waals surface area contributed by atoms with Gasteiger partial charge in [0.2, 0.25) is 0 Å². The maximum Gasteiger partial charge on any atom is 0.0946 e. The summed E-state index contributed by atoms with van der Waals surface area (Å²) in [5.41, 5.74) is 9.23. The second-order valence-electron chi connectivity index (χ2n) is 6.43. The van der Waals surface area contributed by atoms with Crippen LogP contribution < -0.4 is 11.1 Å². The van der Waals surface area contributed by atoms with E-state index >= 15 is 0 Å². The van der Waals surface area contributed by atoms with Crippen LogP contribution in [0.2, 0.25) is 0 Å². The average Bonchev–Trinajstić information content (AvgIpc) is 2.42. The first kappa shape index (κ1) is 17.2. The van der Waals surface area contributed by atoms with Crippen LogP contribution in [-0.4, -0.2) is 24.7 Å². The minimum atomic E-state index is -0.513. The van der Waals surface area contributed by atoms with E-state index in [0.717, 1.165) is 18.4 Å². The van der Waals surface area contributed by atoms with E-state index in [9.17, 15) is 5.11 Å². The standard InChI is InChI=1S/C17H30N2O/c1-6-12-7-8-13(17(2,3)4)11-14(12)16(20)15(19-5)9-10-18/h7-8,11,15-16,19-20H,6,9-10,18H2,1-5H3. The molecule has 0 heterocycles. The number of hydrogen-bond donors (Lipinski definition) is 3. The zero-order valence-electron chi connectivity index (χ0n) is 13.5. The lowest BCUT2D eigenvalue weighted by Crippen LogP contribution is -2.34. The van der Waals surface area contributed by atoms with E-state index in [1.165, 1.54) is 11.1 Å². The van der Waals surface area contributed by atoms with Crippen LogP contribution in [0.25, 0.3) is 0 Å². The van der Waals surface area contributed by atoms with Crippen molar-refractivity contribution >= 4 is 0 Å². The Hall–Kier alpha value is -0.900. The summed E-state index contributed by atoms with van der Waals surface area (Å²) >= 11 is 0. The Morgan fingerprint density at radius 3 is 2.40 bits per heavy atom. The van der Waals surface area contributed by atoms with E-state index < -0.39 is 6.10 Å². The Bertz CT molecular complexity index is 423. The van der Waals surface area contributed by atoms with Crippen LogP contribution in [0.15, 0.2) is 18.2 Å². The zero-order valence-corrected chi connectivity index (χ0v) is 13.5. The maximum atomic E-state index is 10.7. The molecule has 0 aliphatic rings. The zero-order chi connectivity index (χ0) is 15.3. The van der Waals surface area contributed by atoms with Crippen molar-refractivity contribution in [3.63, 3.8) is 0 Å². The van der Waals surface area contributed by atoms with Crippen LogP contribution >= 0.6 is 0 Å².